The second-order valence-corrected chi connectivity index (χ2v) is 8.67. The topological polar surface area (TPSA) is 115 Å². The summed E-state index contributed by atoms with van der Waals surface area (Å²) in [5.41, 5.74) is 1.90. The van der Waals surface area contributed by atoms with Crippen LogP contribution in [0.4, 0.5) is 5.13 Å². The van der Waals surface area contributed by atoms with Crippen molar-refractivity contribution in [2.24, 2.45) is 0 Å². The molecule has 1 aliphatic heterocycles. The molecule has 2 N–H and O–H groups in total. The monoisotopic (exact) mass is 464 g/mol. The lowest BCUT2D eigenvalue weighted by molar-refractivity contribution is 0.102. The summed E-state index contributed by atoms with van der Waals surface area (Å²) < 4.78 is 12.2. The number of aryl methyl sites for hydroxylation is 2. The molecule has 0 radical (unpaired) electrons. The van der Waals surface area contributed by atoms with Crippen molar-refractivity contribution in [2.75, 3.05) is 12.1 Å². The summed E-state index contributed by atoms with van der Waals surface area (Å²) in [6.07, 6.45) is 0.655. The van der Waals surface area contributed by atoms with E-state index in [1.165, 1.54) is 15.9 Å². The zero-order valence-corrected chi connectivity index (χ0v) is 18.7. The number of aromatic amines is 1. The molecular formula is C23H20N4O5S. The van der Waals surface area contributed by atoms with Crippen LogP contribution in [0, 0.1) is 6.92 Å². The van der Waals surface area contributed by atoms with Gasteiger partial charge in [0.1, 0.15) is 0 Å². The van der Waals surface area contributed by atoms with Gasteiger partial charge in [-0.3, -0.25) is 19.7 Å². The largest absolute Gasteiger partial charge is 0.454 e. The van der Waals surface area contributed by atoms with Crippen LogP contribution in [0.2, 0.25) is 0 Å². The van der Waals surface area contributed by atoms with E-state index in [9.17, 15) is 14.4 Å². The highest BCUT2D eigenvalue weighted by Gasteiger charge is 2.17. The van der Waals surface area contributed by atoms with Crippen LogP contribution in [0.1, 0.15) is 33.4 Å². The molecule has 9 nitrogen and oxygen atoms in total. The van der Waals surface area contributed by atoms with E-state index >= 15 is 0 Å². The molecule has 0 unspecified atom stereocenters. The summed E-state index contributed by atoms with van der Waals surface area (Å²) in [7, 11) is 0. The van der Waals surface area contributed by atoms with Crippen molar-refractivity contribution in [3.63, 3.8) is 0 Å². The minimum atomic E-state index is -0.717. The molecule has 1 amide bonds. The Labute approximate surface area is 191 Å². The lowest BCUT2D eigenvalue weighted by Crippen LogP contribution is -2.36. The molecule has 3 heterocycles. The molecule has 0 bridgehead atoms. The average Bonchev–Trinajstić information content (AvgIpc) is 3.40. The van der Waals surface area contributed by atoms with E-state index in [-0.39, 0.29) is 12.7 Å². The third-order valence-corrected chi connectivity index (χ3v) is 6.54. The van der Waals surface area contributed by atoms with Gasteiger partial charge in [-0.1, -0.05) is 6.07 Å². The number of H-pyrrole nitrogens is 1. The van der Waals surface area contributed by atoms with Gasteiger partial charge in [0.2, 0.25) is 6.79 Å². The summed E-state index contributed by atoms with van der Waals surface area (Å²) in [6.45, 7) is 4.27. The lowest BCUT2D eigenvalue weighted by atomic mass is 10.1. The summed E-state index contributed by atoms with van der Waals surface area (Å²) in [6, 6.07) is 10.7. The summed E-state index contributed by atoms with van der Waals surface area (Å²) in [5, 5.41) is 3.32. The number of thiazole rings is 1. The second-order valence-electron chi connectivity index (χ2n) is 7.58. The van der Waals surface area contributed by atoms with E-state index in [2.05, 4.69) is 15.3 Å². The Morgan fingerprint density at radius 1 is 1.18 bits per heavy atom. The van der Waals surface area contributed by atoms with Crippen LogP contribution in [0.5, 0.6) is 11.5 Å². The standard InChI is InChI=1S/C23H20N4O5S/c1-3-27-16-6-5-14(10-15(16)25-21(29)22(27)30)20(28)26-23-24-12(2)19(33-23)9-13-4-7-17-18(8-13)32-11-31-17/h4-8,10H,3,9,11H2,1-2H3,(H,25,29)(H,24,26,28). The Morgan fingerprint density at radius 3 is 2.82 bits per heavy atom. The number of benzene rings is 2. The summed E-state index contributed by atoms with van der Waals surface area (Å²) >= 11 is 1.41. The maximum absolute atomic E-state index is 12.8. The van der Waals surface area contributed by atoms with E-state index in [4.69, 9.17) is 9.47 Å². The normalized spacial score (nSPS) is 12.3. The maximum Gasteiger partial charge on any atom is 0.316 e. The number of rotatable bonds is 5. The van der Waals surface area contributed by atoms with E-state index in [0.29, 0.717) is 34.7 Å². The molecule has 1 aliphatic rings. The zero-order valence-electron chi connectivity index (χ0n) is 17.9. The molecule has 10 heteroatoms. The van der Waals surface area contributed by atoms with Gasteiger partial charge in [-0.15, -0.1) is 11.3 Å². The first kappa shape index (κ1) is 21.0. The molecule has 0 atom stereocenters. The molecule has 2 aromatic carbocycles. The fourth-order valence-corrected chi connectivity index (χ4v) is 4.78. The number of carbonyl (C=O) groups is 1. The van der Waals surface area contributed by atoms with E-state index in [1.54, 1.807) is 25.1 Å². The maximum atomic E-state index is 12.8. The van der Waals surface area contributed by atoms with Gasteiger partial charge in [0, 0.05) is 23.4 Å². The van der Waals surface area contributed by atoms with Crippen molar-refractivity contribution in [3.8, 4) is 11.5 Å². The number of ether oxygens (including phenoxy) is 2. The minimum Gasteiger partial charge on any atom is -0.454 e. The quantitative estimate of drug-likeness (QED) is 0.439. The number of nitrogens with zero attached hydrogens (tertiary/aromatic N) is 2. The van der Waals surface area contributed by atoms with Gasteiger partial charge in [-0.05, 0) is 49.7 Å². The molecule has 0 aliphatic carbocycles. The molecule has 0 saturated heterocycles. The highest BCUT2D eigenvalue weighted by molar-refractivity contribution is 7.15. The molecule has 4 aromatic rings. The van der Waals surface area contributed by atoms with Crippen molar-refractivity contribution in [3.05, 3.63) is 78.8 Å². The van der Waals surface area contributed by atoms with E-state index in [0.717, 1.165) is 27.6 Å². The molecule has 33 heavy (non-hydrogen) atoms. The van der Waals surface area contributed by atoms with Crippen molar-refractivity contribution in [1.82, 2.24) is 14.5 Å². The average molecular weight is 465 g/mol. The van der Waals surface area contributed by atoms with Gasteiger partial charge in [0.25, 0.3) is 5.91 Å². The number of nitrogens with one attached hydrogen (secondary N) is 2. The van der Waals surface area contributed by atoms with Crippen LogP contribution in [0.15, 0.2) is 46.0 Å². The Hall–Kier alpha value is -3.92. The first-order valence-electron chi connectivity index (χ1n) is 10.4. The number of anilines is 1. The van der Waals surface area contributed by atoms with Gasteiger partial charge < -0.3 is 19.0 Å². The fourth-order valence-electron chi connectivity index (χ4n) is 3.79. The van der Waals surface area contributed by atoms with Crippen LogP contribution < -0.4 is 25.9 Å². The Morgan fingerprint density at radius 2 is 2.00 bits per heavy atom. The third-order valence-electron chi connectivity index (χ3n) is 5.47. The van der Waals surface area contributed by atoms with Gasteiger partial charge in [0.15, 0.2) is 16.6 Å². The summed E-state index contributed by atoms with van der Waals surface area (Å²) in [5.74, 6) is 1.11. The summed E-state index contributed by atoms with van der Waals surface area (Å²) in [4.78, 5) is 44.8. The number of hydrogen-bond donors (Lipinski definition) is 2. The van der Waals surface area contributed by atoms with Crippen LogP contribution in [-0.2, 0) is 13.0 Å². The predicted molar refractivity (Wildman–Crippen MR) is 125 cm³/mol. The minimum absolute atomic E-state index is 0.230. The molecular weight excluding hydrogens is 444 g/mol. The first-order chi connectivity index (χ1) is 15.9. The highest BCUT2D eigenvalue weighted by Crippen LogP contribution is 2.34. The van der Waals surface area contributed by atoms with Crippen LogP contribution in [0.3, 0.4) is 0 Å². The van der Waals surface area contributed by atoms with Crippen LogP contribution in [0.25, 0.3) is 11.0 Å². The number of hydrogen-bond acceptors (Lipinski definition) is 7. The number of aromatic nitrogens is 3. The van der Waals surface area contributed by atoms with Gasteiger partial charge >= 0.3 is 11.1 Å². The fraction of sp³-hybridized carbons (Fsp3) is 0.217. The zero-order chi connectivity index (χ0) is 23.1. The third kappa shape index (κ3) is 3.89. The number of carbonyl (C=O) groups excluding carboxylic acids is 1. The van der Waals surface area contributed by atoms with Crippen LogP contribution in [-0.4, -0.2) is 27.2 Å². The van der Waals surface area contributed by atoms with Gasteiger partial charge in [0.05, 0.1) is 16.7 Å². The Balaban J connectivity index is 1.37. The molecule has 168 valence electrons. The molecule has 5 rings (SSSR count). The highest BCUT2D eigenvalue weighted by atomic mass is 32.1. The molecule has 0 spiro atoms. The Bertz CT molecular complexity index is 1520. The van der Waals surface area contributed by atoms with Crippen molar-refractivity contribution < 1.29 is 14.3 Å². The van der Waals surface area contributed by atoms with Crippen LogP contribution >= 0.6 is 11.3 Å². The second kappa shape index (κ2) is 8.21. The van der Waals surface area contributed by atoms with Gasteiger partial charge in [-0.2, -0.15) is 0 Å². The number of amides is 1. The molecule has 2 aromatic heterocycles. The molecule has 0 saturated carbocycles. The predicted octanol–water partition coefficient (Wildman–Crippen LogP) is 3.05. The van der Waals surface area contributed by atoms with E-state index in [1.807, 2.05) is 25.1 Å². The smallest absolute Gasteiger partial charge is 0.316 e. The SMILES string of the molecule is CCn1c(=O)c(=O)[nH]c2cc(C(=O)Nc3nc(C)c(Cc4ccc5c(c4)OCO5)s3)ccc21. The van der Waals surface area contributed by atoms with Crippen molar-refractivity contribution >= 4 is 33.4 Å². The number of fused-ring (bicyclic) bond motifs is 2. The van der Waals surface area contributed by atoms with Crippen molar-refractivity contribution in [1.29, 1.82) is 0 Å². The molecule has 0 fully saturated rings. The Kier molecular flexibility index (Phi) is 5.21. The van der Waals surface area contributed by atoms with Crippen molar-refractivity contribution in [2.45, 2.75) is 26.8 Å². The van der Waals surface area contributed by atoms with E-state index < -0.39 is 11.1 Å². The first-order valence-corrected chi connectivity index (χ1v) is 11.2. The lowest BCUT2D eigenvalue weighted by Gasteiger charge is -2.08. The van der Waals surface area contributed by atoms with Gasteiger partial charge in [-0.25, -0.2) is 4.98 Å².